The number of hydrogen-bond donors (Lipinski definition) is 0. The average Bonchev–Trinajstić information content (AvgIpc) is 2.48. The van der Waals surface area contributed by atoms with Crippen LogP contribution in [-0.2, 0) is 19.7 Å². The van der Waals surface area contributed by atoms with Crippen molar-refractivity contribution in [1.82, 2.24) is 8.61 Å². The lowest BCUT2D eigenvalue weighted by atomic mass is 10.0. The Balaban J connectivity index is 2.01. The zero-order valence-electron chi connectivity index (χ0n) is 13.0. The van der Waals surface area contributed by atoms with E-state index in [9.17, 15) is 13.2 Å². The van der Waals surface area contributed by atoms with E-state index in [2.05, 4.69) is 6.92 Å². The predicted octanol–water partition coefficient (Wildman–Crippen LogP) is 1.24. The van der Waals surface area contributed by atoms with Gasteiger partial charge in [-0.25, -0.2) is 0 Å². The fourth-order valence-corrected chi connectivity index (χ4v) is 4.71. The minimum atomic E-state index is -3.43. The summed E-state index contributed by atoms with van der Waals surface area (Å²) < 4.78 is 33.4. The lowest BCUT2D eigenvalue weighted by molar-refractivity contribution is -0.149. The predicted molar refractivity (Wildman–Crippen MR) is 79.8 cm³/mol. The second kappa shape index (κ2) is 7.07. The van der Waals surface area contributed by atoms with Gasteiger partial charge in [-0.1, -0.05) is 6.92 Å². The van der Waals surface area contributed by atoms with Crippen LogP contribution >= 0.6 is 0 Å². The quantitative estimate of drug-likeness (QED) is 0.732. The van der Waals surface area contributed by atoms with Gasteiger partial charge in [-0.2, -0.15) is 17.0 Å². The van der Waals surface area contributed by atoms with Crippen LogP contribution in [0.1, 0.15) is 39.5 Å². The summed E-state index contributed by atoms with van der Waals surface area (Å²) in [5, 5.41) is 0. The molecule has 1 unspecified atom stereocenters. The number of carbonyl (C=O) groups excluding carboxylic acids is 1. The van der Waals surface area contributed by atoms with Gasteiger partial charge in [0.1, 0.15) is 0 Å². The Morgan fingerprint density at radius 1 is 1.14 bits per heavy atom. The highest BCUT2D eigenvalue weighted by atomic mass is 32.2. The molecule has 0 spiro atoms. The first kappa shape index (κ1) is 16.7. The number of ether oxygens (including phenoxy) is 1. The molecule has 2 aliphatic rings. The minimum Gasteiger partial charge on any atom is -0.466 e. The van der Waals surface area contributed by atoms with Crippen LogP contribution in [0.4, 0.5) is 0 Å². The third-order valence-electron chi connectivity index (χ3n) is 4.40. The van der Waals surface area contributed by atoms with Crippen LogP contribution in [0.5, 0.6) is 0 Å². The molecule has 0 aromatic heterocycles. The van der Waals surface area contributed by atoms with Gasteiger partial charge in [0.2, 0.25) is 0 Å². The van der Waals surface area contributed by atoms with Crippen LogP contribution in [0.2, 0.25) is 0 Å². The van der Waals surface area contributed by atoms with Crippen molar-refractivity contribution in [3.8, 4) is 0 Å². The van der Waals surface area contributed by atoms with Crippen LogP contribution in [0.15, 0.2) is 0 Å². The SMILES string of the molecule is CCOC(=O)C1CCCN(S(=O)(=O)N2CCC(C)CC2)C1. The summed E-state index contributed by atoms with van der Waals surface area (Å²) in [6.07, 6.45) is 3.25. The van der Waals surface area contributed by atoms with Gasteiger partial charge in [-0.15, -0.1) is 0 Å². The van der Waals surface area contributed by atoms with Crippen molar-refractivity contribution in [2.75, 3.05) is 32.8 Å². The standard InChI is InChI=1S/C14H26N2O4S/c1-3-20-14(17)13-5-4-8-16(11-13)21(18,19)15-9-6-12(2)7-10-15/h12-13H,3-11H2,1-2H3. The van der Waals surface area contributed by atoms with Crippen LogP contribution in [0.25, 0.3) is 0 Å². The van der Waals surface area contributed by atoms with Crippen molar-refractivity contribution >= 4 is 16.2 Å². The monoisotopic (exact) mass is 318 g/mol. The third kappa shape index (κ3) is 3.96. The summed E-state index contributed by atoms with van der Waals surface area (Å²) in [4.78, 5) is 11.8. The molecule has 0 bridgehead atoms. The number of piperidine rings is 2. The van der Waals surface area contributed by atoms with Gasteiger partial charge in [0.15, 0.2) is 0 Å². The van der Waals surface area contributed by atoms with Crippen LogP contribution in [-0.4, -0.2) is 55.8 Å². The molecule has 2 rings (SSSR count). The first-order valence-electron chi connectivity index (χ1n) is 7.87. The van der Waals surface area contributed by atoms with Crippen molar-refractivity contribution in [2.45, 2.75) is 39.5 Å². The van der Waals surface area contributed by atoms with Gasteiger partial charge in [-0.05, 0) is 38.5 Å². The molecule has 122 valence electrons. The second-order valence-electron chi connectivity index (χ2n) is 6.04. The lowest BCUT2D eigenvalue weighted by Gasteiger charge is -2.37. The molecule has 7 heteroatoms. The molecule has 21 heavy (non-hydrogen) atoms. The number of esters is 1. The van der Waals surface area contributed by atoms with Crippen molar-refractivity contribution in [1.29, 1.82) is 0 Å². The Hall–Kier alpha value is -0.660. The first-order valence-corrected chi connectivity index (χ1v) is 9.26. The molecule has 0 radical (unpaired) electrons. The molecule has 0 amide bonds. The molecule has 2 heterocycles. The fraction of sp³-hybridized carbons (Fsp3) is 0.929. The fourth-order valence-electron chi connectivity index (χ4n) is 2.98. The van der Waals surface area contributed by atoms with Gasteiger partial charge >= 0.3 is 5.97 Å². The topological polar surface area (TPSA) is 66.9 Å². The zero-order chi connectivity index (χ0) is 15.5. The molecule has 0 aromatic carbocycles. The van der Waals surface area contributed by atoms with E-state index in [4.69, 9.17) is 4.74 Å². The molecule has 2 aliphatic heterocycles. The summed E-state index contributed by atoms with van der Waals surface area (Å²) in [6.45, 7) is 6.20. The Bertz CT molecular complexity index is 458. The van der Waals surface area contributed by atoms with Crippen LogP contribution in [0, 0.1) is 11.8 Å². The first-order chi connectivity index (χ1) is 9.95. The molecule has 6 nitrogen and oxygen atoms in total. The Morgan fingerprint density at radius 3 is 2.43 bits per heavy atom. The van der Waals surface area contributed by atoms with Gasteiger partial charge in [0, 0.05) is 26.2 Å². The van der Waals surface area contributed by atoms with E-state index in [-0.39, 0.29) is 18.4 Å². The van der Waals surface area contributed by atoms with E-state index in [0.717, 1.165) is 12.8 Å². The van der Waals surface area contributed by atoms with Crippen molar-refractivity contribution in [3.05, 3.63) is 0 Å². The van der Waals surface area contributed by atoms with Crippen molar-refractivity contribution in [2.24, 2.45) is 11.8 Å². The summed E-state index contributed by atoms with van der Waals surface area (Å²) in [5.74, 6) is -0.00746. The largest absolute Gasteiger partial charge is 0.466 e. The molecular weight excluding hydrogens is 292 g/mol. The molecule has 0 aliphatic carbocycles. The number of nitrogens with zero attached hydrogens (tertiary/aromatic N) is 2. The van der Waals surface area contributed by atoms with Gasteiger partial charge in [-0.3, -0.25) is 4.79 Å². The van der Waals surface area contributed by atoms with E-state index in [1.807, 2.05) is 0 Å². The highest BCUT2D eigenvalue weighted by molar-refractivity contribution is 7.86. The highest BCUT2D eigenvalue weighted by Gasteiger charge is 2.37. The summed E-state index contributed by atoms with van der Waals surface area (Å²) >= 11 is 0. The van der Waals surface area contributed by atoms with Crippen molar-refractivity contribution < 1.29 is 17.9 Å². The maximum atomic E-state index is 12.7. The van der Waals surface area contributed by atoms with Crippen LogP contribution < -0.4 is 0 Å². The number of hydrogen-bond acceptors (Lipinski definition) is 4. The molecule has 0 N–H and O–H groups in total. The number of rotatable bonds is 4. The average molecular weight is 318 g/mol. The summed E-state index contributed by atoms with van der Waals surface area (Å²) in [7, 11) is -3.43. The van der Waals surface area contributed by atoms with E-state index in [1.165, 1.54) is 4.31 Å². The van der Waals surface area contributed by atoms with Gasteiger partial charge in [0.05, 0.1) is 12.5 Å². The third-order valence-corrected chi connectivity index (χ3v) is 6.40. The molecular formula is C14H26N2O4S. The van der Waals surface area contributed by atoms with E-state index in [0.29, 0.717) is 45.0 Å². The Kier molecular flexibility index (Phi) is 5.62. The van der Waals surface area contributed by atoms with Crippen molar-refractivity contribution in [3.63, 3.8) is 0 Å². The number of carbonyl (C=O) groups is 1. The maximum Gasteiger partial charge on any atom is 0.310 e. The molecule has 1 atom stereocenters. The lowest BCUT2D eigenvalue weighted by Crippen LogP contribution is -2.51. The zero-order valence-corrected chi connectivity index (χ0v) is 13.8. The smallest absolute Gasteiger partial charge is 0.310 e. The summed E-state index contributed by atoms with van der Waals surface area (Å²) in [6, 6.07) is 0. The van der Waals surface area contributed by atoms with E-state index in [1.54, 1.807) is 11.2 Å². The normalized spacial score (nSPS) is 26.7. The van der Waals surface area contributed by atoms with E-state index >= 15 is 0 Å². The minimum absolute atomic E-state index is 0.257. The maximum absolute atomic E-state index is 12.7. The highest BCUT2D eigenvalue weighted by Crippen LogP contribution is 2.25. The van der Waals surface area contributed by atoms with Gasteiger partial charge < -0.3 is 4.74 Å². The molecule has 2 fully saturated rings. The van der Waals surface area contributed by atoms with Crippen LogP contribution in [0.3, 0.4) is 0 Å². The van der Waals surface area contributed by atoms with E-state index < -0.39 is 10.2 Å². The second-order valence-corrected chi connectivity index (χ2v) is 7.97. The van der Waals surface area contributed by atoms with Gasteiger partial charge in [0.25, 0.3) is 10.2 Å². The molecule has 0 saturated carbocycles. The molecule has 0 aromatic rings. The summed E-state index contributed by atoms with van der Waals surface area (Å²) in [5.41, 5.74) is 0. The Morgan fingerprint density at radius 2 is 1.81 bits per heavy atom. The molecule has 2 saturated heterocycles. The Labute approximate surface area is 127 Å².